The van der Waals surface area contributed by atoms with Gasteiger partial charge >= 0.3 is 6.03 Å². The number of amides is 2. The molecule has 6 heteroatoms. The van der Waals surface area contributed by atoms with Crippen molar-refractivity contribution in [2.45, 2.75) is 6.92 Å². The van der Waals surface area contributed by atoms with Gasteiger partial charge in [-0.05, 0) is 13.0 Å². The highest BCUT2D eigenvalue weighted by molar-refractivity contribution is 5.81. The van der Waals surface area contributed by atoms with Gasteiger partial charge in [0.2, 0.25) is 0 Å². The summed E-state index contributed by atoms with van der Waals surface area (Å²) in [4.78, 5) is 15.3. The lowest BCUT2D eigenvalue weighted by Gasteiger charge is -2.15. The topological polar surface area (TPSA) is 83.6 Å². The van der Waals surface area contributed by atoms with Crippen molar-refractivity contribution in [3.63, 3.8) is 0 Å². The summed E-state index contributed by atoms with van der Waals surface area (Å²) in [5.74, 6) is 5.06. The lowest BCUT2D eigenvalue weighted by molar-refractivity contribution is 0.205. The highest BCUT2D eigenvalue weighted by Gasteiger charge is 2.09. The minimum atomic E-state index is -0.492. The van der Waals surface area contributed by atoms with Crippen molar-refractivity contribution >= 4 is 12.2 Å². The van der Waals surface area contributed by atoms with Gasteiger partial charge in [0.15, 0.2) is 0 Å². The van der Waals surface area contributed by atoms with Crippen LogP contribution in [-0.2, 0) is 0 Å². The number of urea groups is 1. The van der Waals surface area contributed by atoms with Crippen LogP contribution in [0.4, 0.5) is 4.79 Å². The molecule has 3 N–H and O–H groups in total. The number of hydrogen-bond acceptors (Lipinski definition) is 4. The van der Waals surface area contributed by atoms with E-state index in [0.29, 0.717) is 6.54 Å². The van der Waals surface area contributed by atoms with E-state index in [1.54, 1.807) is 25.4 Å². The third kappa shape index (κ3) is 4.43. The number of hydrazone groups is 1. The largest absolute Gasteiger partial charge is 0.352 e. The Balaban J connectivity index is 2.75. The molecule has 6 nitrogen and oxygen atoms in total. The molecule has 0 saturated heterocycles. The summed E-state index contributed by atoms with van der Waals surface area (Å²) in [5.41, 5.74) is 3.62. The van der Waals surface area contributed by atoms with E-state index in [1.165, 1.54) is 11.2 Å². The van der Waals surface area contributed by atoms with Crippen LogP contribution >= 0.6 is 0 Å². The van der Waals surface area contributed by atoms with Crippen LogP contribution in [0.3, 0.4) is 0 Å². The van der Waals surface area contributed by atoms with E-state index in [4.69, 9.17) is 5.84 Å². The first-order chi connectivity index (χ1) is 8.13. The van der Waals surface area contributed by atoms with Crippen LogP contribution < -0.4 is 11.3 Å². The number of hydrogen-bond donors (Lipinski definition) is 2. The Labute approximate surface area is 99.8 Å². The Morgan fingerprint density at radius 1 is 1.76 bits per heavy atom. The van der Waals surface area contributed by atoms with Crippen LogP contribution in [-0.4, -0.2) is 28.8 Å². The molecule has 0 aromatic carbocycles. The molecule has 17 heavy (non-hydrogen) atoms. The zero-order valence-corrected chi connectivity index (χ0v) is 9.63. The summed E-state index contributed by atoms with van der Waals surface area (Å²) in [7, 11) is 0. The summed E-state index contributed by atoms with van der Waals surface area (Å²) in [6, 6.07) is 3.12. The van der Waals surface area contributed by atoms with E-state index >= 15 is 0 Å². The Bertz CT molecular complexity index is 415. The van der Waals surface area contributed by atoms with E-state index in [-0.39, 0.29) is 0 Å². The summed E-state index contributed by atoms with van der Waals surface area (Å²) in [6.07, 6.45) is 4.84. The van der Waals surface area contributed by atoms with Gasteiger partial charge in [-0.15, -0.1) is 0 Å². The number of aromatic nitrogens is 1. The quantitative estimate of drug-likeness (QED) is 0.266. The van der Waals surface area contributed by atoms with Gasteiger partial charge in [0, 0.05) is 18.0 Å². The van der Waals surface area contributed by atoms with E-state index in [2.05, 4.69) is 16.7 Å². The van der Waals surface area contributed by atoms with Gasteiger partial charge in [-0.3, -0.25) is 10.4 Å². The summed E-state index contributed by atoms with van der Waals surface area (Å²) in [6.45, 7) is 5.83. The molecule has 0 bridgehead atoms. The SMILES string of the molecule is C=C(C)CN(N=Cc1cccnc1)C(=O)NN. The first-order valence-electron chi connectivity index (χ1n) is 5.00. The van der Waals surface area contributed by atoms with Crippen LogP contribution in [0.5, 0.6) is 0 Å². The molecule has 1 aromatic rings. The minimum Gasteiger partial charge on any atom is -0.274 e. The van der Waals surface area contributed by atoms with Gasteiger partial charge in [0.05, 0.1) is 12.8 Å². The fourth-order valence-corrected chi connectivity index (χ4v) is 1.08. The number of nitrogens with one attached hydrogen (secondary N) is 1. The fraction of sp³-hybridized carbons (Fsp3) is 0.182. The molecule has 0 aliphatic heterocycles. The zero-order chi connectivity index (χ0) is 12.7. The van der Waals surface area contributed by atoms with E-state index in [1.807, 2.05) is 11.5 Å². The standard InChI is InChI=1S/C11H15N5O/c1-9(2)8-16(11(17)15-12)14-7-10-4-3-5-13-6-10/h3-7H,1,8,12H2,2H3,(H,15,17). The Morgan fingerprint density at radius 3 is 3.06 bits per heavy atom. The van der Waals surface area contributed by atoms with Gasteiger partial charge in [-0.1, -0.05) is 18.2 Å². The molecule has 0 radical (unpaired) electrons. The highest BCUT2D eigenvalue weighted by atomic mass is 16.2. The molecule has 2 amide bonds. The van der Waals surface area contributed by atoms with Crippen LogP contribution in [0.25, 0.3) is 0 Å². The first kappa shape index (κ1) is 12.9. The van der Waals surface area contributed by atoms with Gasteiger partial charge in [0.1, 0.15) is 0 Å². The number of pyridine rings is 1. The lowest BCUT2D eigenvalue weighted by Crippen LogP contribution is -2.41. The van der Waals surface area contributed by atoms with Gasteiger partial charge in [-0.2, -0.15) is 5.10 Å². The van der Waals surface area contributed by atoms with Crippen molar-refractivity contribution in [3.05, 3.63) is 42.2 Å². The highest BCUT2D eigenvalue weighted by Crippen LogP contribution is 1.98. The van der Waals surface area contributed by atoms with Crippen LogP contribution in [0.1, 0.15) is 12.5 Å². The maximum Gasteiger partial charge on any atom is 0.352 e. The van der Waals surface area contributed by atoms with E-state index in [0.717, 1.165) is 11.1 Å². The monoisotopic (exact) mass is 233 g/mol. The molecule has 0 atom stereocenters. The van der Waals surface area contributed by atoms with Crippen LogP contribution in [0, 0.1) is 0 Å². The first-order valence-corrected chi connectivity index (χ1v) is 5.00. The predicted molar refractivity (Wildman–Crippen MR) is 66.1 cm³/mol. The molecule has 0 aliphatic rings. The second kappa shape index (κ2) is 6.39. The van der Waals surface area contributed by atoms with E-state index < -0.39 is 6.03 Å². The molecule has 0 aliphatic carbocycles. The van der Waals surface area contributed by atoms with Crippen LogP contribution in [0.15, 0.2) is 41.8 Å². The number of carbonyl (C=O) groups excluding carboxylic acids is 1. The molecule has 0 spiro atoms. The molecule has 0 saturated carbocycles. The number of rotatable bonds is 4. The zero-order valence-electron chi connectivity index (χ0n) is 9.63. The molecule has 1 heterocycles. The second-order valence-corrected chi connectivity index (χ2v) is 3.50. The number of nitrogens with zero attached hydrogens (tertiary/aromatic N) is 3. The minimum absolute atomic E-state index is 0.305. The second-order valence-electron chi connectivity index (χ2n) is 3.50. The van der Waals surface area contributed by atoms with E-state index in [9.17, 15) is 4.79 Å². The molecule has 1 rings (SSSR count). The van der Waals surface area contributed by atoms with Crippen molar-refractivity contribution in [3.8, 4) is 0 Å². The van der Waals surface area contributed by atoms with Crippen molar-refractivity contribution in [2.75, 3.05) is 6.54 Å². The van der Waals surface area contributed by atoms with Gasteiger partial charge < -0.3 is 0 Å². The summed E-state index contributed by atoms with van der Waals surface area (Å²) < 4.78 is 0. The third-order valence-corrected chi connectivity index (χ3v) is 1.81. The fourth-order valence-electron chi connectivity index (χ4n) is 1.08. The maximum atomic E-state index is 11.4. The lowest BCUT2D eigenvalue weighted by atomic mass is 10.3. The van der Waals surface area contributed by atoms with Crippen molar-refractivity contribution in [1.82, 2.24) is 15.4 Å². The molecule has 1 aromatic heterocycles. The maximum absolute atomic E-state index is 11.4. The Kier molecular flexibility index (Phi) is 4.83. The molecule has 90 valence electrons. The summed E-state index contributed by atoms with van der Waals surface area (Å²) in [5, 5.41) is 5.21. The molecular weight excluding hydrogens is 218 g/mol. The van der Waals surface area contributed by atoms with Crippen molar-refractivity contribution in [1.29, 1.82) is 0 Å². The molecule has 0 unspecified atom stereocenters. The molecule has 0 fully saturated rings. The normalized spacial score (nSPS) is 10.2. The van der Waals surface area contributed by atoms with Crippen LogP contribution in [0.2, 0.25) is 0 Å². The third-order valence-electron chi connectivity index (χ3n) is 1.81. The number of nitrogens with two attached hydrogens (primary N) is 1. The average molecular weight is 233 g/mol. The molecular formula is C11H15N5O. The van der Waals surface area contributed by atoms with Gasteiger partial charge in [-0.25, -0.2) is 15.6 Å². The van der Waals surface area contributed by atoms with Crippen molar-refractivity contribution < 1.29 is 4.79 Å². The number of carbonyl (C=O) groups is 1. The summed E-state index contributed by atoms with van der Waals surface area (Å²) >= 11 is 0. The average Bonchev–Trinajstić information content (AvgIpc) is 2.34. The Morgan fingerprint density at radius 2 is 2.53 bits per heavy atom. The Hall–Kier alpha value is -2.21. The van der Waals surface area contributed by atoms with Crippen molar-refractivity contribution in [2.24, 2.45) is 10.9 Å². The predicted octanol–water partition coefficient (Wildman–Crippen LogP) is 0.877. The number of hydrazine groups is 1. The smallest absolute Gasteiger partial charge is 0.274 e. The van der Waals surface area contributed by atoms with Gasteiger partial charge in [0.25, 0.3) is 0 Å².